The van der Waals surface area contributed by atoms with Gasteiger partial charge >= 0.3 is 0 Å². The Bertz CT molecular complexity index is 887. The van der Waals surface area contributed by atoms with Gasteiger partial charge in [-0.3, -0.25) is 4.79 Å². The van der Waals surface area contributed by atoms with E-state index in [1.54, 1.807) is 18.2 Å². The molecule has 174 valence electrons. The van der Waals surface area contributed by atoms with E-state index in [0.29, 0.717) is 32.1 Å². The van der Waals surface area contributed by atoms with Crippen LogP contribution in [-0.4, -0.2) is 54.2 Å². The van der Waals surface area contributed by atoms with E-state index in [-0.39, 0.29) is 42.9 Å². The van der Waals surface area contributed by atoms with E-state index in [2.05, 4.69) is 9.89 Å². The predicted octanol–water partition coefficient (Wildman–Crippen LogP) is 4.06. The molecule has 1 aromatic heterocycles. The number of carbonyl (C=O) groups is 1. The van der Waals surface area contributed by atoms with Gasteiger partial charge in [-0.25, -0.2) is 0 Å². The number of hydrogen-bond acceptors (Lipinski definition) is 5. The van der Waals surface area contributed by atoms with Crippen LogP contribution in [0, 0.1) is 0 Å². The highest BCUT2D eigenvalue weighted by atomic mass is 35.5. The molecular weight excluding hydrogens is 506 g/mol. The van der Waals surface area contributed by atoms with Crippen LogP contribution in [0.3, 0.4) is 0 Å². The fourth-order valence-electron chi connectivity index (χ4n) is 2.71. The number of aliphatic imine (C=N–C) groups is 1. The first-order valence-corrected chi connectivity index (χ1v) is 10.6. The average Bonchev–Trinajstić information content (AvgIpc) is 3.01. The largest absolute Gasteiger partial charge is 0.491 e. The van der Waals surface area contributed by atoms with Crippen LogP contribution in [-0.2, 0) is 0 Å². The highest BCUT2D eigenvalue weighted by molar-refractivity contribution is 7.20. The number of ether oxygens (including phenoxy) is 1. The lowest BCUT2D eigenvalue weighted by molar-refractivity contribution is 0.0716. The molecule has 1 amide bonds. The average molecular weight is 532 g/mol. The van der Waals surface area contributed by atoms with Crippen LogP contribution in [0.2, 0.25) is 8.67 Å². The van der Waals surface area contributed by atoms with E-state index in [4.69, 9.17) is 39.4 Å². The minimum atomic E-state index is -0.686. The molecule has 2 aromatic rings. The summed E-state index contributed by atoms with van der Waals surface area (Å²) in [5.74, 6) is -0.569. The molecule has 1 heterocycles. The number of likely N-dealkylation sites (N-methyl/N-ethyl adjacent to an activating group) is 1. The van der Waals surface area contributed by atoms with Crippen LogP contribution in [0.5, 0.6) is 5.75 Å². The van der Waals surface area contributed by atoms with Crippen LogP contribution >= 0.6 is 59.4 Å². The molecule has 1 unspecified atom stereocenters. The summed E-state index contributed by atoms with van der Waals surface area (Å²) in [6.07, 6.45) is -0.686. The monoisotopic (exact) mass is 530 g/mol. The summed E-state index contributed by atoms with van der Waals surface area (Å²) >= 11 is 13.5. The first kappa shape index (κ1) is 29.7. The van der Waals surface area contributed by atoms with Gasteiger partial charge < -0.3 is 26.2 Å². The first-order valence-electron chi connectivity index (χ1n) is 9.00. The number of halogens is 4. The summed E-state index contributed by atoms with van der Waals surface area (Å²) in [5, 5.41) is 10.2. The minimum absolute atomic E-state index is 0. The molecule has 1 atom stereocenters. The molecule has 2 rings (SSSR count). The smallest absolute Gasteiger partial charge is 0.280 e. The summed E-state index contributed by atoms with van der Waals surface area (Å²) in [6.45, 7) is 6.26. The zero-order valence-corrected chi connectivity index (χ0v) is 21.0. The molecule has 0 fully saturated rings. The van der Waals surface area contributed by atoms with Crippen molar-refractivity contribution in [3.63, 3.8) is 0 Å². The highest BCUT2D eigenvalue weighted by Crippen LogP contribution is 2.39. The molecule has 1 aromatic carbocycles. The van der Waals surface area contributed by atoms with E-state index in [1.165, 1.54) is 17.4 Å². The van der Waals surface area contributed by atoms with E-state index in [9.17, 15) is 9.90 Å². The second-order valence-corrected chi connectivity index (χ2v) is 8.56. The number of nitrogens with zero attached hydrogens (tertiary/aromatic N) is 2. The van der Waals surface area contributed by atoms with Gasteiger partial charge in [0, 0.05) is 17.7 Å². The van der Waals surface area contributed by atoms with Gasteiger partial charge in [-0.1, -0.05) is 37.0 Å². The molecule has 12 heteroatoms. The third-order valence-corrected chi connectivity index (χ3v) is 5.65. The first-order chi connectivity index (χ1) is 13.7. The van der Waals surface area contributed by atoms with Gasteiger partial charge in [0.1, 0.15) is 22.8 Å². The lowest BCUT2D eigenvalue weighted by Gasteiger charge is -2.22. The summed E-state index contributed by atoms with van der Waals surface area (Å²) in [7, 11) is 0. The molecule has 7 nitrogen and oxygen atoms in total. The molecule has 0 radical (unpaired) electrons. The summed E-state index contributed by atoms with van der Waals surface area (Å²) in [4.78, 5) is 18.0. The molecule has 0 aliphatic rings. The Balaban J connectivity index is 0.00000450. The molecule has 0 saturated heterocycles. The third-order valence-electron chi connectivity index (χ3n) is 4.16. The van der Waals surface area contributed by atoms with Crippen molar-refractivity contribution in [2.45, 2.75) is 20.0 Å². The number of thiophene rings is 1. The Morgan fingerprint density at radius 2 is 1.84 bits per heavy atom. The summed E-state index contributed by atoms with van der Waals surface area (Å²) < 4.78 is 6.75. The maximum atomic E-state index is 12.3. The fraction of sp³-hybridized carbons (Fsp3) is 0.368. The van der Waals surface area contributed by atoms with Crippen LogP contribution < -0.4 is 16.2 Å². The lowest BCUT2D eigenvalue weighted by Crippen LogP contribution is -2.35. The molecule has 31 heavy (non-hydrogen) atoms. The Labute approximate surface area is 208 Å². The number of carbonyl (C=O) groups excluding carboxylic acids is 1. The fourth-order valence-corrected chi connectivity index (χ4v) is 4.21. The predicted molar refractivity (Wildman–Crippen MR) is 134 cm³/mol. The van der Waals surface area contributed by atoms with Gasteiger partial charge in [-0.15, -0.1) is 36.2 Å². The molecular formula is C19H26Cl4N4O3S. The number of nitrogens with two attached hydrogens (primary N) is 2. The van der Waals surface area contributed by atoms with Crippen molar-refractivity contribution in [2.75, 3.05) is 26.2 Å². The number of aliphatic hydroxyl groups excluding tert-OH is 1. The number of amides is 1. The van der Waals surface area contributed by atoms with E-state index >= 15 is 0 Å². The molecule has 0 aliphatic heterocycles. The van der Waals surface area contributed by atoms with E-state index in [1.807, 2.05) is 13.8 Å². The SMILES string of the molecule is CCN(CC)CC(O)COc1cc(C(=O)N=C(N)N)cc(-c2cc(Cl)sc2Cl)c1.Cl.Cl. The van der Waals surface area contributed by atoms with E-state index < -0.39 is 12.0 Å². The highest BCUT2D eigenvalue weighted by Gasteiger charge is 2.16. The topological polar surface area (TPSA) is 114 Å². The van der Waals surface area contributed by atoms with Crippen LogP contribution in [0.4, 0.5) is 0 Å². The van der Waals surface area contributed by atoms with Gasteiger partial charge in [0.15, 0.2) is 5.96 Å². The van der Waals surface area contributed by atoms with Crippen LogP contribution in [0.25, 0.3) is 11.1 Å². The Kier molecular flexibility index (Phi) is 13.4. The van der Waals surface area contributed by atoms with Crippen molar-refractivity contribution in [1.82, 2.24) is 4.90 Å². The zero-order valence-electron chi connectivity index (χ0n) is 17.0. The van der Waals surface area contributed by atoms with E-state index in [0.717, 1.165) is 13.1 Å². The maximum Gasteiger partial charge on any atom is 0.280 e. The number of rotatable bonds is 9. The summed E-state index contributed by atoms with van der Waals surface area (Å²) in [5.41, 5.74) is 12.1. The second kappa shape index (κ2) is 14.0. The molecule has 0 aliphatic carbocycles. The van der Waals surface area contributed by atoms with Crippen molar-refractivity contribution >= 4 is 71.2 Å². The number of benzene rings is 1. The Hall–Kier alpha value is -1.26. The Morgan fingerprint density at radius 3 is 2.35 bits per heavy atom. The van der Waals surface area contributed by atoms with Crippen LogP contribution in [0.1, 0.15) is 24.2 Å². The number of guanidine groups is 1. The summed E-state index contributed by atoms with van der Waals surface area (Å²) in [6, 6.07) is 6.56. The number of aliphatic hydroxyl groups is 1. The standard InChI is InChI=1S/C19H24Cl2N4O3S.2ClH/c1-3-25(4-2)9-13(26)10-28-14-6-11(15-8-16(20)29-17(15)21)5-12(7-14)18(27)24-19(22)23;;/h5-8,13,26H,3-4,9-10H2,1-2H3,(H4,22,23,24,27);2*1H. The molecule has 5 N–H and O–H groups in total. The minimum Gasteiger partial charge on any atom is -0.491 e. The molecule has 0 bridgehead atoms. The zero-order chi connectivity index (χ0) is 21.6. The second-order valence-electron chi connectivity index (χ2n) is 6.28. The van der Waals surface area contributed by atoms with Crippen molar-refractivity contribution in [1.29, 1.82) is 0 Å². The van der Waals surface area contributed by atoms with Gasteiger partial charge in [-0.2, -0.15) is 4.99 Å². The third kappa shape index (κ3) is 9.02. The van der Waals surface area contributed by atoms with Crippen molar-refractivity contribution in [3.8, 4) is 16.9 Å². The number of hydrogen-bond donors (Lipinski definition) is 3. The van der Waals surface area contributed by atoms with Crippen molar-refractivity contribution in [2.24, 2.45) is 16.5 Å². The van der Waals surface area contributed by atoms with Crippen molar-refractivity contribution in [3.05, 3.63) is 38.5 Å². The van der Waals surface area contributed by atoms with Crippen molar-refractivity contribution < 1.29 is 14.6 Å². The lowest BCUT2D eigenvalue weighted by atomic mass is 10.0. The Morgan fingerprint density at radius 1 is 1.19 bits per heavy atom. The van der Waals surface area contributed by atoms with Gasteiger partial charge in [0.05, 0.1) is 4.34 Å². The molecule has 0 saturated carbocycles. The normalized spacial score (nSPS) is 11.3. The van der Waals surface area contributed by atoms with Gasteiger partial charge in [0.2, 0.25) is 0 Å². The van der Waals surface area contributed by atoms with Crippen LogP contribution in [0.15, 0.2) is 29.3 Å². The quantitative estimate of drug-likeness (QED) is 0.332. The maximum absolute atomic E-state index is 12.3. The van der Waals surface area contributed by atoms with Gasteiger partial charge in [0.25, 0.3) is 5.91 Å². The van der Waals surface area contributed by atoms with Gasteiger partial charge in [-0.05, 0) is 42.9 Å². The molecule has 0 spiro atoms.